The molecular formula is C13H22N2O3. The minimum Gasteiger partial charge on any atom is -0.481 e. The highest BCUT2D eigenvalue weighted by Crippen LogP contribution is 2.08. The van der Waals surface area contributed by atoms with Crippen molar-refractivity contribution in [3.05, 3.63) is 24.2 Å². The second-order valence-corrected chi connectivity index (χ2v) is 4.86. The fourth-order valence-corrected chi connectivity index (χ4v) is 1.66. The zero-order valence-corrected chi connectivity index (χ0v) is 11.3. The summed E-state index contributed by atoms with van der Waals surface area (Å²) >= 11 is 0. The van der Waals surface area contributed by atoms with Crippen LogP contribution in [0, 0.1) is 5.92 Å². The van der Waals surface area contributed by atoms with Crippen molar-refractivity contribution >= 4 is 5.97 Å². The lowest BCUT2D eigenvalue weighted by Gasteiger charge is -2.24. The van der Waals surface area contributed by atoms with Crippen molar-refractivity contribution in [3.63, 3.8) is 0 Å². The van der Waals surface area contributed by atoms with Gasteiger partial charge in [-0.05, 0) is 26.2 Å². The molecule has 0 saturated heterocycles. The fraction of sp³-hybridized carbons (Fsp3) is 0.615. The first kappa shape index (κ1) is 14.7. The van der Waals surface area contributed by atoms with Crippen LogP contribution in [0.3, 0.4) is 0 Å². The summed E-state index contributed by atoms with van der Waals surface area (Å²) < 4.78 is 5.31. The van der Waals surface area contributed by atoms with Gasteiger partial charge in [0.2, 0.25) is 0 Å². The molecule has 1 aromatic rings. The van der Waals surface area contributed by atoms with E-state index in [4.69, 9.17) is 9.52 Å². The average Bonchev–Trinajstić information content (AvgIpc) is 2.78. The first-order valence-corrected chi connectivity index (χ1v) is 6.11. The van der Waals surface area contributed by atoms with E-state index in [1.54, 1.807) is 13.2 Å². The smallest absolute Gasteiger partial charge is 0.307 e. The molecule has 18 heavy (non-hydrogen) atoms. The lowest BCUT2D eigenvalue weighted by molar-refractivity contribution is -0.141. The molecule has 0 aliphatic heterocycles. The monoisotopic (exact) mass is 254 g/mol. The Bertz CT molecular complexity index is 349. The molecule has 1 heterocycles. The number of hydrogen-bond acceptors (Lipinski definition) is 4. The van der Waals surface area contributed by atoms with Crippen molar-refractivity contribution < 1.29 is 14.3 Å². The maximum Gasteiger partial charge on any atom is 0.307 e. The van der Waals surface area contributed by atoms with Gasteiger partial charge in [-0.15, -0.1) is 0 Å². The number of nitrogens with zero attached hydrogens (tertiary/aromatic N) is 2. The molecule has 5 heteroatoms. The molecule has 1 aromatic heterocycles. The van der Waals surface area contributed by atoms with Crippen LogP contribution in [-0.2, 0) is 11.3 Å². The van der Waals surface area contributed by atoms with E-state index in [0.29, 0.717) is 13.1 Å². The molecule has 0 saturated carbocycles. The molecule has 1 N–H and O–H groups in total. The van der Waals surface area contributed by atoms with Crippen molar-refractivity contribution in [2.75, 3.05) is 33.7 Å². The molecule has 0 radical (unpaired) electrons. The van der Waals surface area contributed by atoms with Crippen LogP contribution < -0.4 is 0 Å². The summed E-state index contributed by atoms with van der Waals surface area (Å²) in [5, 5.41) is 8.97. The van der Waals surface area contributed by atoms with Gasteiger partial charge in [-0.3, -0.25) is 9.69 Å². The van der Waals surface area contributed by atoms with Gasteiger partial charge in [0.1, 0.15) is 5.76 Å². The third-order valence-electron chi connectivity index (χ3n) is 2.78. The van der Waals surface area contributed by atoms with E-state index in [1.807, 2.05) is 26.2 Å². The molecule has 1 unspecified atom stereocenters. The molecule has 1 rings (SSSR count). The number of rotatable bonds is 8. The quantitative estimate of drug-likeness (QED) is 0.759. The number of hydrogen-bond donors (Lipinski definition) is 1. The zero-order chi connectivity index (χ0) is 13.5. The predicted octanol–water partition coefficient (Wildman–Crippen LogP) is 1.36. The van der Waals surface area contributed by atoms with Gasteiger partial charge in [0.05, 0.1) is 18.7 Å². The maximum absolute atomic E-state index is 10.9. The lowest BCUT2D eigenvalue weighted by Crippen LogP contribution is -2.36. The normalized spacial score (nSPS) is 13.2. The van der Waals surface area contributed by atoms with Gasteiger partial charge in [0.25, 0.3) is 0 Å². The van der Waals surface area contributed by atoms with Crippen LogP contribution in [0.1, 0.15) is 12.7 Å². The van der Waals surface area contributed by atoms with E-state index in [0.717, 1.165) is 18.8 Å². The first-order valence-electron chi connectivity index (χ1n) is 6.11. The van der Waals surface area contributed by atoms with E-state index in [2.05, 4.69) is 9.80 Å². The van der Waals surface area contributed by atoms with Crippen molar-refractivity contribution in [1.82, 2.24) is 9.80 Å². The number of carbonyl (C=O) groups is 1. The minimum atomic E-state index is -0.760. The second kappa shape index (κ2) is 7.18. The SMILES string of the molecule is CC(CN(CCN(C)C)Cc1ccco1)C(=O)O. The van der Waals surface area contributed by atoms with E-state index >= 15 is 0 Å². The summed E-state index contributed by atoms with van der Waals surface area (Å²) in [7, 11) is 4.01. The van der Waals surface area contributed by atoms with Gasteiger partial charge in [-0.25, -0.2) is 0 Å². The van der Waals surface area contributed by atoms with E-state index in [1.165, 1.54) is 0 Å². The van der Waals surface area contributed by atoms with Gasteiger partial charge in [-0.1, -0.05) is 6.92 Å². The van der Waals surface area contributed by atoms with Gasteiger partial charge < -0.3 is 14.4 Å². The Labute approximate surface area is 108 Å². The van der Waals surface area contributed by atoms with E-state index < -0.39 is 5.97 Å². The first-order chi connectivity index (χ1) is 8.49. The van der Waals surface area contributed by atoms with Crippen LogP contribution >= 0.6 is 0 Å². The van der Waals surface area contributed by atoms with Crippen LogP contribution in [-0.4, -0.2) is 54.6 Å². The number of likely N-dealkylation sites (N-methyl/N-ethyl adjacent to an activating group) is 1. The minimum absolute atomic E-state index is 0.373. The molecule has 5 nitrogen and oxygen atoms in total. The summed E-state index contributed by atoms with van der Waals surface area (Å²) in [6.07, 6.45) is 1.64. The Kier molecular flexibility index (Phi) is 5.88. The molecule has 0 aliphatic rings. The molecule has 0 bridgehead atoms. The molecule has 0 amide bonds. The Hall–Kier alpha value is -1.33. The molecule has 0 fully saturated rings. The molecular weight excluding hydrogens is 232 g/mol. The summed E-state index contributed by atoms with van der Waals surface area (Å²) in [5.74, 6) is -0.266. The lowest BCUT2D eigenvalue weighted by atomic mass is 10.1. The van der Waals surface area contributed by atoms with Crippen LogP contribution in [0.5, 0.6) is 0 Å². The Morgan fingerprint density at radius 3 is 2.67 bits per heavy atom. The Morgan fingerprint density at radius 2 is 2.17 bits per heavy atom. The summed E-state index contributed by atoms with van der Waals surface area (Å²) in [4.78, 5) is 15.1. The van der Waals surface area contributed by atoms with Gasteiger partial charge in [-0.2, -0.15) is 0 Å². The number of carboxylic acids is 1. The third-order valence-corrected chi connectivity index (χ3v) is 2.78. The highest BCUT2D eigenvalue weighted by molar-refractivity contribution is 5.69. The van der Waals surface area contributed by atoms with Gasteiger partial charge >= 0.3 is 5.97 Å². The van der Waals surface area contributed by atoms with Crippen LogP contribution in [0.15, 0.2) is 22.8 Å². The average molecular weight is 254 g/mol. The molecule has 0 aromatic carbocycles. The molecule has 0 aliphatic carbocycles. The topological polar surface area (TPSA) is 56.9 Å². The fourth-order valence-electron chi connectivity index (χ4n) is 1.66. The second-order valence-electron chi connectivity index (χ2n) is 4.86. The number of carboxylic acid groups (broad SMARTS) is 1. The highest BCUT2D eigenvalue weighted by Gasteiger charge is 2.17. The van der Waals surface area contributed by atoms with Gasteiger partial charge in [0.15, 0.2) is 0 Å². The highest BCUT2D eigenvalue weighted by atomic mass is 16.4. The number of furan rings is 1. The zero-order valence-electron chi connectivity index (χ0n) is 11.3. The molecule has 0 spiro atoms. The Balaban J connectivity index is 2.53. The van der Waals surface area contributed by atoms with Crippen LogP contribution in [0.25, 0.3) is 0 Å². The molecule has 1 atom stereocenters. The van der Waals surface area contributed by atoms with Crippen molar-refractivity contribution in [3.8, 4) is 0 Å². The van der Waals surface area contributed by atoms with Crippen molar-refractivity contribution in [1.29, 1.82) is 0 Å². The molecule has 102 valence electrons. The van der Waals surface area contributed by atoms with E-state index in [-0.39, 0.29) is 5.92 Å². The standard InChI is InChI=1S/C13H22N2O3/c1-11(13(16)17)9-15(7-6-14(2)3)10-12-5-4-8-18-12/h4-5,8,11H,6-7,9-10H2,1-3H3,(H,16,17). The van der Waals surface area contributed by atoms with Crippen molar-refractivity contribution in [2.24, 2.45) is 5.92 Å². The van der Waals surface area contributed by atoms with Gasteiger partial charge in [0, 0.05) is 19.6 Å². The van der Waals surface area contributed by atoms with Crippen molar-refractivity contribution in [2.45, 2.75) is 13.5 Å². The van der Waals surface area contributed by atoms with Crippen LogP contribution in [0.2, 0.25) is 0 Å². The third kappa shape index (κ3) is 5.33. The Morgan fingerprint density at radius 1 is 1.44 bits per heavy atom. The number of aliphatic carboxylic acids is 1. The van der Waals surface area contributed by atoms with E-state index in [9.17, 15) is 4.79 Å². The summed E-state index contributed by atoms with van der Waals surface area (Å²) in [6, 6.07) is 3.76. The summed E-state index contributed by atoms with van der Waals surface area (Å²) in [6.45, 7) is 4.63. The maximum atomic E-state index is 10.9. The van der Waals surface area contributed by atoms with Crippen LogP contribution in [0.4, 0.5) is 0 Å². The predicted molar refractivity (Wildman–Crippen MR) is 69.3 cm³/mol. The summed E-state index contributed by atoms with van der Waals surface area (Å²) in [5.41, 5.74) is 0. The largest absolute Gasteiger partial charge is 0.481 e.